The van der Waals surface area contributed by atoms with Crippen molar-refractivity contribution in [2.24, 2.45) is 0 Å². The van der Waals surface area contributed by atoms with E-state index in [4.69, 9.17) is 4.42 Å². The van der Waals surface area contributed by atoms with Crippen molar-refractivity contribution in [3.05, 3.63) is 23.2 Å². The number of nitrogens with zero attached hydrogens (tertiary/aromatic N) is 1. The summed E-state index contributed by atoms with van der Waals surface area (Å²) in [7, 11) is 2.26. The molecule has 1 aliphatic rings. The van der Waals surface area contributed by atoms with Crippen molar-refractivity contribution >= 4 is 0 Å². The Bertz CT molecular complexity index is 394. The Morgan fingerprint density at radius 2 is 2.05 bits per heavy atom. The van der Waals surface area contributed by atoms with Crippen LogP contribution in [0, 0.1) is 6.92 Å². The van der Waals surface area contributed by atoms with Crippen molar-refractivity contribution < 1.29 is 4.42 Å². The van der Waals surface area contributed by atoms with Gasteiger partial charge in [-0.2, -0.15) is 0 Å². The van der Waals surface area contributed by atoms with Gasteiger partial charge in [-0.3, -0.25) is 4.90 Å². The van der Waals surface area contributed by atoms with Gasteiger partial charge >= 0.3 is 0 Å². The lowest BCUT2D eigenvalue weighted by molar-refractivity contribution is 0.184. The van der Waals surface area contributed by atoms with Crippen molar-refractivity contribution in [2.45, 2.75) is 71.5 Å². The van der Waals surface area contributed by atoms with E-state index in [0.717, 1.165) is 43.6 Å². The van der Waals surface area contributed by atoms with E-state index in [-0.39, 0.29) is 0 Å². The van der Waals surface area contributed by atoms with E-state index in [1.54, 1.807) is 0 Å². The number of aryl methyl sites for hydroxylation is 1. The average Bonchev–Trinajstić information content (AvgIpc) is 2.80. The molecule has 2 rings (SSSR count). The van der Waals surface area contributed by atoms with Gasteiger partial charge in [-0.25, -0.2) is 0 Å². The van der Waals surface area contributed by atoms with Crippen LogP contribution < -0.4 is 5.32 Å². The van der Waals surface area contributed by atoms with Gasteiger partial charge in [0.15, 0.2) is 0 Å². The maximum absolute atomic E-state index is 5.86. The number of hydrogen-bond donors (Lipinski definition) is 1. The molecule has 0 aromatic carbocycles. The minimum atomic E-state index is 0.764. The van der Waals surface area contributed by atoms with Gasteiger partial charge in [0.05, 0.1) is 6.54 Å². The summed E-state index contributed by atoms with van der Waals surface area (Å²) in [5, 5.41) is 3.40. The van der Waals surface area contributed by atoms with Gasteiger partial charge in [-0.1, -0.05) is 26.2 Å². The summed E-state index contributed by atoms with van der Waals surface area (Å²) in [6, 6.07) is 3.00. The monoisotopic (exact) mass is 278 g/mol. The van der Waals surface area contributed by atoms with E-state index in [1.807, 2.05) is 0 Å². The molecule has 114 valence electrons. The summed E-state index contributed by atoms with van der Waals surface area (Å²) >= 11 is 0. The normalized spacial score (nSPS) is 17.0. The van der Waals surface area contributed by atoms with Crippen molar-refractivity contribution in [2.75, 3.05) is 13.6 Å². The molecule has 3 heteroatoms. The molecule has 1 heterocycles. The highest BCUT2D eigenvalue weighted by molar-refractivity contribution is 5.20. The van der Waals surface area contributed by atoms with Crippen LogP contribution in [0.5, 0.6) is 0 Å². The van der Waals surface area contributed by atoms with E-state index in [2.05, 4.69) is 37.2 Å². The zero-order valence-electron chi connectivity index (χ0n) is 13.4. The molecule has 0 amide bonds. The second kappa shape index (κ2) is 7.84. The first kappa shape index (κ1) is 15.6. The Kier molecular flexibility index (Phi) is 6.11. The maximum Gasteiger partial charge on any atom is 0.118 e. The van der Waals surface area contributed by atoms with E-state index in [0.29, 0.717) is 0 Å². The van der Waals surface area contributed by atoms with Crippen LogP contribution in [-0.2, 0) is 13.1 Å². The molecule has 3 nitrogen and oxygen atoms in total. The maximum atomic E-state index is 5.86. The minimum absolute atomic E-state index is 0.764. The van der Waals surface area contributed by atoms with Crippen LogP contribution in [0.2, 0.25) is 0 Å². The van der Waals surface area contributed by atoms with Crippen molar-refractivity contribution in [1.82, 2.24) is 10.2 Å². The first-order chi connectivity index (χ1) is 9.70. The summed E-state index contributed by atoms with van der Waals surface area (Å²) in [5.74, 6) is 2.16. The summed E-state index contributed by atoms with van der Waals surface area (Å²) in [5.41, 5.74) is 1.35. The van der Waals surface area contributed by atoms with Crippen LogP contribution in [0.1, 0.15) is 62.5 Å². The zero-order valence-corrected chi connectivity index (χ0v) is 13.4. The number of hydrogen-bond acceptors (Lipinski definition) is 3. The second-order valence-corrected chi connectivity index (χ2v) is 6.18. The fourth-order valence-electron chi connectivity index (χ4n) is 3.14. The Balaban J connectivity index is 1.87. The highest BCUT2D eigenvalue weighted by atomic mass is 16.3. The lowest BCUT2D eigenvalue weighted by atomic mass is 9.94. The molecule has 1 N–H and O–H groups in total. The number of furan rings is 1. The van der Waals surface area contributed by atoms with Crippen LogP contribution in [-0.4, -0.2) is 24.5 Å². The Hall–Kier alpha value is -0.800. The van der Waals surface area contributed by atoms with Crippen molar-refractivity contribution in [3.63, 3.8) is 0 Å². The van der Waals surface area contributed by atoms with E-state index in [9.17, 15) is 0 Å². The van der Waals surface area contributed by atoms with Gasteiger partial charge in [0.2, 0.25) is 0 Å². The summed E-state index contributed by atoms with van der Waals surface area (Å²) < 4.78 is 5.86. The second-order valence-electron chi connectivity index (χ2n) is 6.18. The molecule has 1 saturated carbocycles. The molecule has 0 radical (unpaired) electrons. The van der Waals surface area contributed by atoms with Gasteiger partial charge < -0.3 is 9.73 Å². The third-order valence-electron chi connectivity index (χ3n) is 4.42. The fraction of sp³-hybridized carbons (Fsp3) is 0.765. The third kappa shape index (κ3) is 4.35. The standard InChI is InChI=1S/C17H30N2O/c1-4-10-18-12-17-11-15(14(2)20-17)13-19(3)16-8-6-5-7-9-16/h11,16,18H,4-10,12-13H2,1-3H3. The largest absolute Gasteiger partial charge is 0.465 e. The predicted molar refractivity (Wildman–Crippen MR) is 83.8 cm³/mol. The molecular formula is C17H30N2O. The van der Waals surface area contributed by atoms with Gasteiger partial charge in [0.25, 0.3) is 0 Å². The molecule has 1 aliphatic carbocycles. The zero-order chi connectivity index (χ0) is 14.4. The molecule has 1 fully saturated rings. The minimum Gasteiger partial charge on any atom is -0.465 e. The third-order valence-corrected chi connectivity index (χ3v) is 4.42. The molecule has 0 aliphatic heterocycles. The number of nitrogens with one attached hydrogen (secondary N) is 1. The summed E-state index contributed by atoms with van der Waals surface area (Å²) in [6.45, 7) is 7.20. The van der Waals surface area contributed by atoms with Gasteiger partial charge in [0.1, 0.15) is 11.5 Å². The lowest BCUT2D eigenvalue weighted by Gasteiger charge is -2.30. The SMILES string of the molecule is CCCNCc1cc(CN(C)C2CCCCC2)c(C)o1. The summed E-state index contributed by atoms with van der Waals surface area (Å²) in [4.78, 5) is 2.51. The molecule has 1 aromatic rings. The van der Waals surface area contributed by atoms with E-state index < -0.39 is 0 Å². The quantitative estimate of drug-likeness (QED) is 0.768. The summed E-state index contributed by atoms with van der Waals surface area (Å²) in [6.07, 6.45) is 8.09. The first-order valence-corrected chi connectivity index (χ1v) is 8.20. The highest BCUT2D eigenvalue weighted by Crippen LogP contribution is 2.24. The van der Waals surface area contributed by atoms with Crippen LogP contribution in [0.15, 0.2) is 10.5 Å². The molecule has 0 unspecified atom stereocenters. The van der Waals surface area contributed by atoms with Crippen LogP contribution in [0.4, 0.5) is 0 Å². The fourth-order valence-corrected chi connectivity index (χ4v) is 3.14. The average molecular weight is 278 g/mol. The smallest absolute Gasteiger partial charge is 0.118 e. The van der Waals surface area contributed by atoms with Gasteiger partial charge in [0, 0.05) is 18.2 Å². The molecular weight excluding hydrogens is 248 g/mol. The van der Waals surface area contributed by atoms with Gasteiger partial charge in [-0.05, 0) is 45.8 Å². The van der Waals surface area contributed by atoms with Crippen LogP contribution >= 0.6 is 0 Å². The highest BCUT2D eigenvalue weighted by Gasteiger charge is 2.19. The van der Waals surface area contributed by atoms with E-state index in [1.165, 1.54) is 37.7 Å². The van der Waals surface area contributed by atoms with Crippen molar-refractivity contribution in [3.8, 4) is 0 Å². The molecule has 0 bridgehead atoms. The molecule has 0 spiro atoms. The molecule has 20 heavy (non-hydrogen) atoms. The van der Waals surface area contributed by atoms with Gasteiger partial charge in [-0.15, -0.1) is 0 Å². The number of rotatable bonds is 7. The topological polar surface area (TPSA) is 28.4 Å². The van der Waals surface area contributed by atoms with Crippen LogP contribution in [0.3, 0.4) is 0 Å². The Labute approximate surface area is 123 Å². The predicted octanol–water partition coefficient (Wildman–Crippen LogP) is 3.85. The molecule has 1 aromatic heterocycles. The molecule has 0 saturated heterocycles. The Morgan fingerprint density at radius 1 is 1.30 bits per heavy atom. The molecule has 0 atom stereocenters. The lowest BCUT2D eigenvalue weighted by Crippen LogP contribution is -2.32. The van der Waals surface area contributed by atoms with Crippen molar-refractivity contribution in [1.29, 1.82) is 0 Å². The first-order valence-electron chi connectivity index (χ1n) is 8.20. The Morgan fingerprint density at radius 3 is 2.75 bits per heavy atom. The van der Waals surface area contributed by atoms with Crippen LogP contribution in [0.25, 0.3) is 0 Å². The van der Waals surface area contributed by atoms with E-state index >= 15 is 0 Å².